The summed E-state index contributed by atoms with van der Waals surface area (Å²) in [4.78, 5) is 0. The molecule has 0 spiro atoms. The lowest BCUT2D eigenvalue weighted by atomic mass is 10.3. The summed E-state index contributed by atoms with van der Waals surface area (Å²) in [6.07, 6.45) is 3.18. The molecule has 0 unspecified atom stereocenters. The molecule has 1 heterocycles. The Hall–Kier alpha value is -1.48. The molecule has 0 saturated heterocycles. The van der Waals surface area contributed by atoms with Gasteiger partial charge in [-0.3, -0.25) is 0 Å². The molecule has 0 aliphatic carbocycles. The second-order valence-electron chi connectivity index (χ2n) is 3.09. The van der Waals surface area contributed by atoms with Gasteiger partial charge in [-0.25, -0.2) is 4.39 Å². The van der Waals surface area contributed by atoms with Crippen LogP contribution in [0.5, 0.6) is 0 Å². The fraction of sp³-hybridized carbons (Fsp3) is 0.0909. The molecule has 2 nitrogen and oxygen atoms in total. The van der Waals surface area contributed by atoms with Crippen LogP contribution >= 0.6 is 11.6 Å². The Kier molecular flexibility index (Phi) is 2.92. The largest absolute Gasteiger partial charge is 0.472 e. The van der Waals surface area contributed by atoms with Crippen LogP contribution in [0, 0.1) is 5.82 Å². The van der Waals surface area contributed by atoms with Crippen LogP contribution < -0.4 is 5.32 Å². The molecule has 1 aromatic carbocycles. The molecule has 1 N–H and O–H groups in total. The molecule has 4 heteroatoms. The minimum Gasteiger partial charge on any atom is -0.472 e. The molecule has 0 bridgehead atoms. The number of furan rings is 1. The van der Waals surface area contributed by atoms with Crippen molar-refractivity contribution in [1.29, 1.82) is 0 Å². The zero-order chi connectivity index (χ0) is 10.7. The number of nitrogens with one attached hydrogen (secondary N) is 1. The minimum absolute atomic E-state index is 0.118. The first-order valence-electron chi connectivity index (χ1n) is 4.46. The monoisotopic (exact) mass is 225 g/mol. The lowest BCUT2D eigenvalue weighted by molar-refractivity contribution is 0.564. The number of hydrogen-bond donors (Lipinski definition) is 1. The van der Waals surface area contributed by atoms with Gasteiger partial charge in [0.25, 0.3) is 0 Å². The number of anilines is 1. The molecule has 2 aromatic rings. The van der Waals surface area contributed by atoms with Crippen molar-refractivity contribution in [1.82, 2.24) is 0 Å². The smallest absolute Gasteiger partial charge is 0.164 e. The highest BCUT2D eigenvalue weighted by Gasteiger charge is 2.05. The Bertz CT molecular complexity index is 442. The molecule has 78 valence electrons. The summed E-state index contributed by atoms with van der Waals surface area (Å²) in [6, 6.07) is 6.67. The van der Waals surface area contributed by atoms with Crippen molar-refractivity contribution in [3.63, 3.8) is 0 Å². The summed E-state index contributed by atoms with van der Waals surface area (Å²) in [5.74, 6) is -0.428. The van der Waals surface area contributed by atoms with Gasteiger partial charge in [-0.2, -0.15) is 0 Å². The molecule has 0 aliphatic heterocycles. The molecular weight excluding hydrogens is 217 g/mol. The van der Waals surface area contributed by atoms with E-state index in [1.807, 2.05) is 6.07 Å². The first-order chi connectivity index (χ1) is 7.27. The SMILES string of the molecule is Fc1c(Cl)cccc1NCc1ccoc1. The number of rotatable bonds is 3. The van der Waals surface area contributed by atoms with Gasteiger partial charge in [0.1, 0.15) is 0 Å². The first kappa shape index (κ1) is 10.1. The van der Waals surface area contributed by atoms with Gasteiger partial charge < -0.3 is 9.73 Å². The van der Waals surface area contributed by atoms with E-state index < -0.39 is 5.82 Å². The lowest BCUT2D eigenvalue weighted by Crippen LogP contribution is -2.00. The van der Waals surface area contributed by atoms with E-state index >= 15 is 0 Å². The van der Waals surface area contributed by atoms with E-state index in [9.17, 15) is 4.39 Å². The zero-order valence-electron chi connectivity index (χ0n) is 7.84. The number of hydrogen-bond acceptors (Lipinski definition) is 2. The van der Waals surface area contributed by atoms with Crippen LogP contribution in [0.25, 0.3) is 0 Å². The first-order valence-corrected chi connectivity index (χ1v) is 4.84. The molecule has 0 radical (unpaired) electrons. The zero-order valence-corrected chi connectivity index (χ0v) is 8.59. The van der Waals surface area contributed by atoms with Gasteiger partial charge in [-0.05, 0) is 18.2 Å². The maximum Gasteiger partial charge on any atom is 0.164 e. The summed E-state index contributed by atoms with van der Waals surface area (Å²) in [5, 5.41) is 3.05. The maximum absolute atomic E-state index is 13.4. The highest BCUT2D eigenvalue weighted by molar-refractivity contribution is 6.31. The van der Waals surface area contributed by atoms with Crippen LogP contribution in [0.15, 0.2) is 41.2 Å². The van der Waals surface area contributed by atoms with Crippen molar-refractivity contribution < 1.29 is 8.81 Å². The molecule has 2 rings (SSSR count). The van der Waals surface area contributed by atoms with Gasteiger partial charge in [0.2, 0.25) is 0 Å². The number of benzene rings is 1. The van der Waals surface area contributed by atoms with E-state index in [2.05, 4.69) is 5.32 Å². The van der Waals surface area contributed by atoms with Crippen molar-refractivity contribution in [2.45, 2.75) is 6.54 Å². The Morgan fingerprint density at radius 2 is 2.20 bits per heavy atom. The predicted octanol–water partition coefficient (Wildman–Crippen LogP) is 3.68. The summed E-state index contributed by atoms with van der Waals surface area (Å²) in [5.41, 5.74) is 1.35. The van der Waals surface area contributed by atoms with Gasteiger partial charge in [0.05, 0.1) is 23.2 Å². The average Bonchev–Trinajstić information content (AvgIpc) is 2.73. The van der Waals surface area contributed by atoms with E-state index in [1.54, 1.807) is 24.7 Å². The summed E-state index contributed by atoms with van der Waals surface area (Å²) in [6.45, 7) is 0.508. The highest BCUT2D eigenvalue weighted by Crippen LogP contribution is 2.22. The second kappa shape index (κ2) is 4.36. The molecule has 1 aromatic heterocycles. The van der Waals surface area contributed by atoms with Crippen molar-refractivity contribution >= 4 is 17.3 Å². The van der Waals surface area contributed by atoms with Crippen molar-refractivity contribution in [3.8, 4) is 0 Å². The third kappa shape index (κ3) is 2.30. The van der Waals surface area contributed by atoms with Crippen LogP contribution in [0.2, 0.25) is 5.02 Å². The quantitative estimate of drug-likeness (QED) is 0.862. The van der Waals surface area contributed by atoms with Crippen molar-refractivity contribution in [3.05, 3.63) is 53.2 Å². The van der Waals surface area contributed by atoms with E-state index in [1.165, 1.54) is 6.07 Å². The average molecular weight is 226 g/mol. The molecule has 0 fully saturated rings. The van der Waals surface area contributed by atoms with Crippen molar-refractivity contribution in [2.24, 2.45) is 0 Å². The van der Waals surface area contributed by atoms with Crippen LogP contribution in [-0.2, 0) is 6.54 Å². The fourth-order valence-corrected chi connectivity index (χ4v) is 1.41. The molecule has 15 heavy (non-hydrogen) atoms. The summed E-state index contributed by atoms with van der Waals surface area (Å²) < 4.78 is 18.3. The summed E-state index contributed by atoms with van der Waals surface area (Å²) >= 11 is 5.64. The Balaban J connectivity index is 2.08. The third-order valence-corrected chi connectivity index (χ3v) is 2.31. The Morgan fingerprint density at radius 1 is 1.33 bits per heavy atom. The third-order valence-electron chi connectivity index (χ3n) is 2.01. The van der Waals surface area contributed by atoms with Crippen LogP contribution in [0.4, 0.5) is 10.1 Å². The minimum atomic E-state index is -0.428. The summed E-state index contributed by atoms with van der Waals surface area (Å²) in [7, 11) is 0. The predicted molar refractivity (Wildman–Crippen MR) is 57.4 cm³/mol. The van der Waals surface area contributed by atoms with E-state index in [4.69, 9.17) is 16.0 Å². The molecule has 0 aliphatic rings. The Morgan fingerprint density at radius 3 is 2.93 bits per heavy atom. The standard InChI is InChI=1S/C11H9ClFNO/c12-9-2-1-3-10(11(9)13)14-6-8-4-5-15-7-8/h1-5,7,14H,6H2. The second-order valence-corrected chi connectivity index (χ2v) is 3.49. The molecule has 0 atom stereocenters. The van der Waals surface area contributed by atoms with Crippen LogP contribution in [0.3, 0.4) is 0 Å². The van der Waals surface area contributed by atoms with Crippen molar-refractivity contribution in [2.75, 3.05) is 5.32 Å². The lowest BCUT2D eigenvalue weighted by Gasteiger charge is -2.06. The normalized spacial score (nSPS) is 10.3. The Labute approximate surface area is 91.7 Å². The van der Waals surface area contributed by atoms with Gasteiger partial charge in [-0.1, -0.05) is 17.7 Å². The van der Waals surface area contributed by atoms with Gasteiger partial charge in [-0.15, -0.1) is 0 Å². The van der Waals surface area contributed by atoms with Gasteiger partial charge in [0, 0.05) is 12.1 Å². The number of halogens is 2. The van der Waals surface area contributed by atoms with E-state index in [0.717, 1.165) is 5.56 Å². The molecule has 0 saturated carbocycles. The molecular formula is C11H9ClFNO. The fourth-order valence-electron chi connectivity index (χ4n) is 1.23. The van der Waals surface area contributed by atoms with E-state index in [-0.39, 0.29) is 5.02 Å². The van der Waals surface area contributed by atoms with Crippen LogP contribution in [0.1, 0.15) is 5.56 Å². The van der Waals surface area contributed by atoms with Gasteiger partial charge in [0.15, 0.2) is 5.82 Å². The van der Waals surface area contributed by atoms with Gasteiger partial charge >= 0.3 is 0 Å². The highest BCUT2D eigenvalue weighted by atomic mass is 35.5. The topological polar surface area (TPSA) is 25.2 Å². The molecule has 0 amide bonds. The maximum atomic E-state index is 13.4. The van der Waals surface area contributed by atoms with E-state index in [0.29, 0.717) is 12.2 Å². The van der Waals surface area contributed by atoms with Crippen LogP contribution in [-0.4, -0.2) is 0 Å².